The number of rotatable bonds is 3. The molecule has 2 heteroatoms. The van der Waals surface area contributed by atoms with Crippen molar-refractivity contribution in [2.24, 2.45) is 5.92 Å². The summed E-state index contributed by atoms with van der Waals surface area (Å²) >= 11 is 0. The Morgan fingerprint density at radius 3 is 2.50 bits per heavy atom. The minimum atomic E-state index is 0.320. The monoisotopic (exact) mass is 219 g/mol. The number of aliphatic hydroxyl groups excluding tert-OH is 1. The molecule has 0 saturated carbocycles. The van der Waals surface area contributed by atoms with Gasteiger partial charge in [0.25, 0.3) is 0 Å². The van der Waals surface area contributed by atoms with Gasteiger partial charge in [0.05, 0.1) is 0 Å². The van der Waals surface area contributed by atoms with Crippen molar-refractivity contribution in [3.05, 3.63) is 29.8 Å². The van der Waals surface area contributed by atoms with Crippen molar-refractivity contribution in [2.45, 2.75) is 26.2 Å². The molecule has 1 saturated heterocycles. The summed E-state index contributed by atoms with van der Waals surface area (Å²) in [5, 5.41) is 9.12. The molecule has 2 rings (SSSR count). The van der Waals surface area contributed by atoms with Crippen molar-refractivity contribution in [1.82, 2.24) is 0 Å². The summed E-state index contributed by atoms with van der Waals surface area (Å²) in [5.74, 6) is 1.06. The molecule has 88 valence electrons. The quantitative estimate of drug-likeness (QED) is 0.844. The summed E-state index contributed by atoms with van der Waals surface area (Å²) < 4.78 is 0. The molecule has 1 unspecified atom stereocenters. The fourth-order valence-electron chi connectivity index (χ4n) is 2.29. The summed E-state index contributed by atoms with van der Waals surface area (Å²) in [5.41, 5.74) is 2.68. The van der Waals surface area contributed by atoms with E-state index in [4.69, 9.17) is 5.11 Å². The molecule has 1 heterocycles. The molecule has 0 aliphatic carbocycles. The van der Waals surface area contributed by atoms with Crippen LogP contribution in [-0.4, -0.2) is 24.8 Å². The molecular formula is C14H21NO. The summed E-state index contributed by atoms with van der Waals surface area (Å²) in [6.07, 6.45) is 1.11. The van der Waals surface area contributed by atoms with Gasteiger partial charge in [-0.2, -0.15) is 0 Å². The lowest BCUT2D eigenvalue weighted by Crippen LogP contribution is -2.20. The second-order valence-corrected chi connectivity index (χ2v) is 5.03. The fraction of sp³-hybridized carbons (Fsp3) is 0.571. The first-order valence-corrected chi connectivity index (χ1v) is 6.16. The first kappa shape index (κ1) is 11.5. The van der Waals surface area contributed by atoms with Crippen LogP contribution in [0.4, 0.5) is 5.69 Å². The fourth-order valence-corrected chi connectivity index (χ4v) is 2.29. The maximum absolute atomic E-state index is 9.12. The maximum atomic E-state index is 9.12. The number of anilines is 1. The third-order valence-corrected chi connectivity index (χ3v) is 3.47. The van der Waals surface area contributed by atoms with Crippen LogP contribution in [0.3, 0.4) is 0 Å². The van der Waals surface area contributed by atoms with Crippen molar-refractivity contribution >= 4 is 5.69 Å². The molecule has 1 atom stereocenters. The first-order chi connectivity index (χ1) is 7.70. The lowest BCUT2D eigenvalue weighted by Gasteiger charge is -2.19. The van der Waals surface area contributed by atoms with Crippen LogP contribution in [0.15, 0.2) is 24.3 Å². The molecule has 1 aromatic rings. The molecule has 1 N–H and O–H groups in total. The van der Waals surface area contributed by atoms with Crippen molar-refractivity contribution < 1.29 is 5.11 Å². The van der Waals surface area contributed by atoms with Gasteiger partial charge in [0.1, 0.15) is 0 Å². The molecule has 0 aromatic heterocycles. The van der Waals surface area contributed by atoms with Crippen LogP contribution in [0.1, 0.15) is 31.7 Å². The molecule has 0 bridgehead atoms. The van der Waals surface area contributed by atoms with Gasteiger partial charge in [-0.3, -0.25) is 0 Å². The van der Waals surface area contributed by atoms with E-state index in [1.807, 2.05) is 0 Å². The molecule has 1 fully saturated rings. The zero-order valence-electron chi connectivity index (χ0n) is 10.2. The van der Waals surface area contributed by atoms with Crippen LogP contribution in [0.25, 0.3) is 0 Å². The van der Waals surface area contributed by atoms with Crippen LogP contribution in [0.5, 0.6) is 0 Å². The van der Waals surface area contributed by atoms with Gasteiger partial charge in [-0.15, -0.1) is 0 Å². The van der Waals surface area contributed by atoms with Crippen molar-refractivity contribution in [3.8, 4) is 0 Å². The molecule has 2 nitrogen and oxygen atoms in total. The van der Waals surface area contributed by atoms with E-state index in [0.717, 1.165) is 19.5 Å². The largest absolute Gasteiger partial charge is 0.396 e. The molecular weight excluding hydrogens is 198 g/mol. The SMILES string of the molecule is CC(C)c1ccc(N2CCC(CO)C2)cc1. The van der Waals surface area contributed by atoms with Crippen LogP contribution >= 0.6 is 0 Å². The highest BCUT2D eigenvalue weighted by atomic mass is 16.3. The van der Waals surface area contributed by atoms with E-state index in [9.17, 15) is 0 Å². The normalized spacial score (nSPS) is 20.8. The van der Waals surface area contributed by atoms with E-state index in [0.29, 0.717) is 18.4 Å². The van der Waals surface area contributed by atoms with Gasteiger partial charge in [0, 0.05) is 31.3 Å². The average Bonchev–Trinajstić information content (AvgIpc) is 2.77. The lowest BCUT2D eigenvalue weighted by atomic mass is 10.0. The standard InChI is InChI=1S/C14H21NO/c1-11(2)13-3-5-14(6-4-13)15-8-7-12(9-15)10-16/h3-6,11-12,16H,7-10H2,1-2H3. The molecule has 0 spiro atoms. The van der Waals surface area contributed by atoms with Gasteiger partial charge in [-0.1, -0.05) is 26.0 Å². The average molecular weight is 219 g/mol. The van der Waals surface area contributed by atoms with Crippen LogP contribution < -0.4 is 4.90 Å². The Bertz CT molecular complexity index is 331. The van der Waals surface area contributed by atoms with Crippen molar-refractivity contribution in [2.75, 3.05) is 24.6 Å². The summed E-state index contributed by atoms with van der Waals surface area (Å²) in [6.45, 7) is 6.82. The van der Waals surface area contributed by atoms with E-state index in [-0.39, 0.29) is 0 Å². The Morgan fingerprint density at radius 2 is 2.00 bits per heavy atom. The molecule has 1 aliphatic heterocycles. The van der Waals surface area contributed by atoms with Gasteiger partial charge < -0.3 is 10.0 Å². The second-order valence-electron chi connectivity index (χ2n) is 5.03. The molecule has 0 radical (unpaired) electrons. The molecule has 0 amide bonds. The number of nitrogens with zero attached hydrogens (tertiary/aromatic N) is 1. The maximum Gasteiger partial charge on any atom is 0.0476 e. The predicted octanol–water partition coefficient (Wildman–Crippen LogP) is 2.63. The Morgan fingerprint density at radius 1 is 1.31 bits per heavy atom. The van der Waals surface area contributed by atoms with Crippen LogP contribution in [0, 0.1) is 5.92 Å². The van der Waals surface area contributed by atoms with E-state index >= 15 is 0 Å². The molecule has 1 aromatic carbocycles. The second kappa shape index (κ2) is 4.88. The first-order valence-electron chi connectivity index (χ1n) is 6.16. The summed E-state index contributed by atoms with van der Waals surface area (Å²) in [4.78, 5) is 2.37. The van der Waals surface area contributed by atoms with Crippen molar-refractivity contribution in [1.29, 1.82) is 0 Å². The Labute approximate surface area is 97.9 Å². The Kier molecular flexibility index (Phi) is 3.49. The zero-order valence-corrected chi connectivity index (χ0v) is 10.2. The van der Waals surface area contributed by atoms with Gasteiger partial charge in [0.15, 0.2) is 0 Å². The summed E-state index contributed by atoms with van der Waals surface area (Å²) in [6, 6.07) is 8.84. The Balaban J connectivity index is 2.05. The van der Waals surface area contributed by atoms with Gasteiger partial charge in [0.2, 0.25) is 0 Å². The number of hydrogen-bond donors (Lipinski definition) is 1. The summed E-state index contributed by atoms with van der Waals surface area (Å²) in [7, 11) is 0. The van der Waals surface area contributed by atoms with Gasteiger partial charge >= 0.3 is 0 Å². The third kappa shape index (κ3) is 2.38. The van der Waals surface area contributed by atoms with Crippen molar-refractivity contribution in [3.63, 3.8) is 0 Å². The third-order valence-electron chi connectivity index (χ3n) is 3.47. The van der Waals surface area contributed by atoms with E-state index in [1.54, 1.807) is 0 Å². The lowest BCUT2D eigenvalue weighted by molar-refractivity contribution is 0.238. The topological polar surface area (TPSA) is 23.5 Å². The predicted molar refractivity (Wildman–Crippen MR) is 67.9 cm³/mol. The highest BCUT2D eigenvalue weighted by Crippen LogP contribution is 2.25. The molecule has 16 heavy (non-hydrogen) atoms. The van der Waals surface area contributed by atoms with Crippen LogP contribution in [-0.2, 0) is 0 Å². The zero-order chi connectivity index (χ0) is 11.5. The van der Waals surface area contributed by atoms with E-state index in [1.165, 1.54) is 11.3 Å². The van der Waals surface area contributed by atoms with E-state index in [2.05, 4.69) is 43.0 Å². The number of benzene rings is 1. The highest BCUT2D eigenvalue weighted by Gasteiger charge is 2.21. The van der Waals surface area contributed by atoms with E-state index < -0.39 is 0 Å². The van der Waals surface area contributed by atoms with Gasteiger partial charge in [-0.05, 0) is 30.0 Å². The number of aliphatic hydroxyl groups is 1. The van der Waals surface area contributed by atoms with Crippen LogP contribution in [0.2, 0.25) is 0 Å². The highest BCUT2D eigenvalue weighted by molar-refractivity contribution is 5.48. The minimum absolute atomic E-state index is 0.320. The smallest absolute Gasteiger partial charge is 0.0476 e. The minimum Gasteiger partial charge on any atom is -0.396 e. The molecule has 1 aliphatic rings. The Hall–Kier alpha value is -1.02. The van der Waals surface area contributed by atoms with Gasteiger partial charge in [-0.25, -0.2) is 0 Å². The number of hydrogen-bond acceptors (Lipinski definition) is 2.